The van der Waals surface area contributed by atoms with Crippen LogP contribution in [0.1, 0.15) is 38.0 Å². The molecule has 0 atom stereocenters. The van der Waals surface area contributed by atoms with Crippen LogP contribution in [0.25, 0.3) is 0 Å². The van der Waals surface area contributed by atoms with E-state index >= 15 is 0 Å². The summed E-state index contributed by atoms with van der Waals surface area (Å²) >= 11 is 0. The Balaban J connectivity index is 1.85. The van der Waals surface area contributed by atoms with Gasteiger partial charge in [0.05, 0.1) is 12.8 Å². The molecule has 114 valence electrons. The average molecular weight is 279 g/mol. The molecule has 2 heterocycles. The van der Waals surface area contributed by atoms with E-state index in [2.05, 4.69) is 42.1 Å². The van der Waals surface area contributed by atoms with Gasteiger partial charge in [-0.3, -0.25) is 4.90 Å². The quantitative estimate of drug-likeness (QED) is 0.830. The van der Waals surface area contributed by atoms with Gasteiger partial charge in [0.1, 0.15) is 5.76 Å². The SMILES string of the molecule is CCNCc1ccoc1CN(C)C1CCN(CC)CC1. The number of hydrogen-bond donors (Lipinski definition) is 1. The van der Waals surface area contributed by atoms with Crippen LogP contribution in [0.3, 0.4) is 0 Å². The van der Waals surface area contributed by atoms with E-state index in [1.165, 1.54) is 38.0 Å². The van der Waals surface area contributed by atoms with E-state index in [0.29, 0.717) is 6.04 Å². The zero-order chi connectivity index (χ0) is 14.4. The molecule has 1 aliphatic rings. The van der Waals surface area contributed by atoms with Crippen LogP contribution in [0.5, 0.6) is 0 Å². The van der Waals surface area contributed by atoms with Gasteiger partial charge in [-0.15, -0.1) is 0 Å². The molecule has 1 aromatic rings. The molecule has 1 saturated heterocycles. The minimum absolute atomic E-state index is 0.690. The van der Waals surface area contributed by atoms with E-state index in [-0.39, 0.29) is 0 Å². The number of hydrogen-bond acceptors (Lipinski definition) is 4. The molecule has 0 amide bonds. The molecule has 4 heteroatoms. The maximum atomic E-state index is 5.67. The Hall–Kier alpha value is -0.840. The fourth-order valence-electron chi connectivity index (χ4n) is 2.95. The highest BCUT2D eigenvalue weighted by Crippen LogP contribution is 2.19. The Morgan fingerprint density at radius 2 is 2.10 bits per heavy atom. The van der Waals surface area contributed by atoms with Crippen molar-refractivity contribution in [2.75, 3.05) is 33.2 Å². The van der Waals surface area contributed by atoms with Crippen LogP contribution in [-0.4, -0.2) is 49.1 Å². The van der Waals surface area contributed by atoms with Crippen molar-refractivity contribution in [1.29, 1.82) is 0 Å². The lowest BCUT2D eigenvalue weighted by molar-refractivity contribution is 0.121. The van der Waals surface area contributed by atoms with E-state index < -0.39 is 0 Å². The van der Waals surface area contributed by atoms with Gasteiger partial charge >= 0.3 is 0 Å². The summed E-state index contributed by atoms with van der Waals surface area (Å²) < 4.78 is 5.67. The summed E-state index contributed by atoms with van der Waals surface area (Å²) in [6.45, 7) is 10.8. The summed E-state index contributed by atoms with van der Waals surface area (Å²) in [5.41, 5.74) is 1.30. The van der Waals surface area contributed by atoms with Crippen molar-refractivity contribution >= 4 is 0 Å². The van der Waals surface area contributed by atoms with Gasteiger partial charge in [0, 0.05) is 18.2 Å². The number of furan rings is 1. The minimum atomic E-state index is 0.690. The van der Waals surface area contributed by atoms with Crippen molar-refractivity contribution in [2.24, 2.45) is 0 Å². The van der Waals surface area contributed by atoms with Crippen LogP contribution in [0.4, 0.5) is 0 Å². The number of likely N-dealkylation sites (tertiary alicyclic amines) is 1. The Labute approximate surface area is 123 Å². The van der Waals surface area contributed by atoms with Crippen molar-refractivity contribution in [3.05, 3.63) is 23.7 Å². The number of nitrogens with zero attached hydrogens (tertiary/aromatic N) is 2. The third kappa shape index (κ3) is 4.08. The summed E-state index contributed by atoms with van der Waals surface area (Å²) in [6, 6.07) is 2.78. The molecule has 0 bridgehead atoms. The van der Waals surface area contributed by atoms with Gasteiger partial charge in [0.2, 0.25) is 0 Å². The molecular weight excluding hydrogens is 250 g/mol. The lowest BCUT2D eigenvalue weighted by Crippen LogP contribution is -2.42. The van der Waals surface area contributed by atoms with Crippen molar-refractivity contribution < 1.29 is 4.42 Å². The van der Waals surface area contributed by atoms with Crippen LogP contribution >= 0.6 is 0 Å². The summed E-state index contributed by atoms with van der Waals surface area (Å²) in [7, 11) is 2.23. The van der Waals surface area contributed by atoms with E-state index in [4.69, 9.17) is 4.42 Å². The van der Waals surface area contributed by atoms with Crippen molar-refractivity contribution in [3.8, 4) is 0 Å². The van der Waals surface area contributed by atoms with Crippen LogP contribution in [0.2, 0.25) is 0 Å². The van der Waals surface area contributed by atoms with Gasteiger partial charge < -0.3 is 14.6 Å². The predicted octanol–water partition coefficient (Wildman–Crippen LogP) is 2.31. The standard InChI is InChI=1S/C16H29N3O/c1-4-17-12-14-8-11-20-16(14)13-18(3)15-6-9-19(5-2)10-7-15/h8,11,15,17H,4-7,9-10,12-13H2,1-3H3. The predicted molar refractivity (Wildman–Crippen MR) is 82.7 cm³/mol. The van der Waals surface area contributed by atoms with Gasteiger partial charge in [0.15, 0.2) is 0 Å². The third-order valence-electron chi connectivity index (χ3n) is 4.42. The molecule has 0 saturated carbocycles. The van der Waals surface area contributed by atoms with Crippen molar-refractivity contribution in [3.63, 3.8) is 0 Å². The fourth-order valence-corrected chi connectivity index (χ4v) is 2.95. The first-order chi connectivity index (χ1) is 9.74. The number of nitrogens with one attached hydrogen (secondary N) is 1. The Morgan fingerprint density at radius 3 is 2.75 bits per heavy atom. The molecular formula is C16H29N3O. The molecule has 0 aliphatic carbocycles. The third-order valence-corrected chi connectivity index (χ3v) is 4.42. The largest absolute Gasteiger partial charge is 0.468 e. The van der Waals surface area contributed by atoms with Gasteiger partial charge in [-0.2, -0.15) is 0 Å². The fraction of sp³-hybridized carbons (Fsp3) is 0.750. The molecule has 1 aromatic heterocycles. The highest BCUT2D eigenvalue weighted by molar-refractivity contribution is 5.16. The second kappa shape index (κ2) is 7.81. The summed E-state index contributed by atoms with van der Waals surface area (Å²) in [6.07, 6.45) is 4.36. The molecule has 2 rings (SSSR count). The van der Waals surface area contributed by atoms with Crippen molar-refractivity contribution in [2.45, 2.75) is 45.8 Å². The van der Waals surface area contributed by atoms with Gasteiger partial charge in [-0.05, 0) is 52.1 Å². The second-order valence-corrected chi connectivity index (χ2v) is 5.73. The summed E-state index contributed by atoms with van der Waals surface area (Å²) in [4.78, 5) is 5.00. The molecule has 0 spiro atoms. The molecule has 0 radical (unpaired) electrons. The highest BCUT2D eigenvalue weighted by atomic mass is 16.3. The first-order valence-electron chi connectivity index (χ1n) is 7.93. The summed E-state index contributed by atoms with van der Waals surface area (Å²) in [5.74, 6) is 1.12. The molecule has 0 aromatic carbocycles. The maximum Gasteiger partial charge on any atom is 0.122 e. The zero-order valence-electron chi connectivity index (χ0n) is 13.2. The Bertz CT molecular complexity index is 383. The van der Waals surface area contributed by atoms with Crippen LogP contribution in [0.15, 0.2) is 16.7 Å². The minimum Gasteiger partial charge on any atom is -0.468 e. The van der Waals surface area contributed by atoms with Gasteiger partial charge in [-0.25, -0.2) is 0 Å². The van der Waals surface area contributed by atoms with Gasteiger partial charge in [-0.1, -0.05) is 13.8 Å². The topological polar surface area (TPSA) is 31.7 Å². The van der Waals surface area contributed by atoms with Gasteiger partial charge in [0.25, 0.3) is 0 Å². The molecule has 1 N–H and O–H groups in total. The maximum absolute atomic E-state index is 5.67. The average Bonchev–Trinajstić information content (AvgIpc) is 2.92. The Kier molecular flexibility index (Phi) is 6.07. The first-order valence-corrected chi connectivity index (χ1v) is 7.93. The lowest BCUT2D eigenvalue weighted by atomic mass is 10.0. The second-order valence-electron chi connectivity index (χ2n) is 5.73. The van der Waals surface area contributed by atoms with E-state index in [0.717, 1.165) is 25.4 Å². The van der Waals surface area contributed by atoms with E-state index in [1.54, 1.807) is 0 Å². The monoisotopic (exact) mass is 279 g/mol. The smallest absolute Gasteiger partial charge is 0.122 e. The van der Waals surface area contributed by atoms with Crippen molar-refractivity contribution in [1.82, 2.24) is 15.1 Å². The van der Waals surface area contributed by atoms with Crippen LogP contribution in [-0.2, 0) is 13.1 Å². The van der Waals surface area contributed by atoms with E-state index in [9.17, 15) is 0 Å². The summed E-state index contributed by atoms with van der Waals surface area (Å²) in [5, 5.41) is 3.37. The lowest BCUT2D eigenvalue weighted by Gasteiger charge is -2.36. The Morgan fingerprint density at radius 1 is 1.35 bits per heavy atom. The number of piperidine rings is 1. The molecule has 20 heavy (non-hydrogen) atoms. The van der Waals surface area contributed by atoms with Crippen LogP contribution < -0.4 is 5.32 Å². The normalized spacial score (nSPS) is 18.0. The first kappa shape index (κ1) is 15.5. The molecule has 4 nitrogen and oxygen atoms in total. The zero-order valence-corrected chi connectivity index (χ0v) is 13.2. The molecule has 1 aliphatic heterocycles. The van der Waals surface area contributed by atoms with E-state index in [1.807, 2.05) is 6.26 Å². The highest BCUT2D eigenvalue weighted by Gasteiger charge is 2.22. The molecule has 1 fully saturated rings. The molecule has 0 unspecified atom stereocenters. The van der Waals surface area contributed by atoms with Crippen LogP contribution in [0, 0.1) is 0 Å². The number of rotatable bonds is 7.